The summed E-state index contributed by atoms with van der Waals surface area (Å²) >= 11 is 0. The molecule has 0 saturated heterocycles. The lowest BCUT2D eigenvalue weighted by Gasteiger charge is -2.38. The smallest absolute Gasteiger partial charge is 0.0389 e. The van der Waals surface area contributed by atoms with Crippen LogP contribution in [0, 0.1) is 5.41 Å². The Bertz CT molecular complexity index is 183. The minimum atomic E-state index is 0.524. The van der Waals surface area contributed by atoms with E-state index in [1.807, 2.05) is 0 Å². The van der Waals surface area contributed by atoms with Crippen molar-refractivity contribution in [2.45, 2.75) is 45.4 Å². The third-order valence-electron chi connectivity index (χ3n) is 3.28. The van der Waals surface area contributed by atoms with Crippen molar-refractivity contribution in [3.8, 4) is 0 Å². The number of hydrogen-bond acceptors (Lipinski definition) is 1. The Labute approximate surface area is 68.9 Å². The van der Waals surface area contributed by atoms with Crippen molar-refractivity contribution in [3.05, 3.63) is 0 Å². The van der Waals surface area contributed by atoms with Gasteiger partial charge in [0.2, 0.25) is 0 Å². The molecule has 11 heavy (non-hydrogen) atoms. The molecule has 1 saturated carbocycles. The Morgan fingerprint density at radius 1 is 1.18 bits per heavy atom. The largest absolute Gasteiger partial charge is 0.294 e. The molecule has 1 aliphatic carbocycles. The molecule has 1 fully saturated rings. The van der Waals surface area contributed by atoms with Crippen LogP contribution in [0.5, 0.6) is 0 Å². The lowest BCUT2D eigenvalue weighted by atomic mass is 9.70. The van der Waals surface area contributed by atoms with E-state index in [0.717, 1.165) is 6.54 Å². The fourth-order valence-electron chi connectivity index (χ4n) is 2.48. The molecule has 1 heterocycles. The van der Waals surface area contributed by atoms with E-state index in [0.29, 0.717) is 5.41 Å². The van der Waals surface area contributed by atoms with Crippen molar-refractivity contribution in [2.75, 3.05) is 6.54 Å². The van der Waals surface area contributed by atoms with E-state index in [1.165, 1.54) is 44.2 Å². The fourth-order valence-corrected chi connectivity index (χ4v) is 2.48. The van der Waals surface area contributed by atoms with Crippen LogP contribution in [0.25, 0.3) is 0 Å². The predicted octanol–water partition coefficient (Wildman–Crippen LogP) is 2.80. The van der Waals surface area contributed by atoms with Gasteiger partial charge in [0.1, 0.15) is 0 Å². The highest BCUT2D eigenvalue weighted by Gasteiger charge is 2.33. The molecule has 0 radical (unpaired) electrons. The van der Waals surface area contributed by atoms with E-state index in [-0.39, 0.29) is 0 Å². The van der Waals surface area contributed by atoms with Gasteiger partial charge in [0.05, 0.1) is 0 Å². The second-order valence-corrected chi connectivity index (χ2v) is 4.20. The number of aliphatic imine (C=N–C) groups is 1. The average molecular weight is 151 g/mol. The molecule has 0 bridgehead atoms. The zero-order chi connectivity index (χ0) is 7.73. The lowest BCUT2D eigenvalue weighted by molar-refractivity contribution is 0.326. The first-order chi connectivity index (χ1) is 5.31. The summed E-state index contributed by atoms with van der Waals surface area (Å²) in [6.07, 6.45) is 8.21. The summed E-state index contributed by atoms with van der Waals surface area (Å²) in [5.74, 6) is 0. The monoisotopic (exact) mass is 151 g/mol. The molecule has 0 aromatic carbocycles. The van der Waals surface area contributed by atoms with E-state index in [1.54, 1.807) is 0 Å². The van der Waals surface area contributed by atoms with Crippen LogP contribution in [0.1, 0.15) is 45.4 Å². The average Bonchev–Trinajstić information content (AvgIpc) is 2.03. The molecule has 1 atom stereocenters. The van der Waals surface area contributed by atoms with Gasteiger partial charge in [-0.15, -0.1) is 0 Å². The zero-order valence-corrected chi connectivity index (χ0v) is 7.40. The Morgan fingerprint density at radius 2 is 2.00 bits per heavy atom. The van der Waals surface area contributed by atoms with Crippen LogP contribution in [-0.4, -0.2) is 12.3 Å². The maximum absolute atomic E-state index is 4.64. The first-order valence-electron chi connectivity index (χ1n) is 4.85. The lowest BCUT2D eigenvalue weighted by Crippen LogP contribution is -2.34. The van der Waals surface area contributed by atoms with Gasteiger partial charge in [-0.1, -0.05) is 13.3 Å². The minimum Gasteiger partial charge on any atom is -0.294 e. The second kappa shape index (κ2) is 2.62. The molecule has 1 nitrogen and oxygen atoms in total. The minimum absolute atomic E-state index is 0.524. The SMILES string of the molecule is C[C@]12CCCCC1=NCCC2. The van der Waals surface area contributed by atoms with Gasteiger partial charge in [-0.2, -0.15) is 0 Å². The quantitative estimate of drug-likeness (QED) is 0.505. The molecule has 0 amide bonds. The Balaban J connectivity index is 2.22. The van der Waals surface area contributed by atoms with E-state index < -0.39 is 0 Å². The van der Waals surface area contributed by atoms with Crippen molar-refractivity contribution in [1.29, 1.82) is 0 Å². The van der Waals surface area contributed by atoms with Crippen LogP contribution in [0.3, 0.4) is 0 Å². The van der Waals surface area contributed by atoms with Crippen LogP contribution in [0.4, 0.5) is 0 Å². The highest BCUT2D eigenvalue weighted by atomic mass is 14.8. The molecule has 0 spiro atoms. The number of fused-ring (bicyclic) bond motifs is 1. The maximum atomic E-state index is 4.64. The van der Waals surface area contributed by atoms with Crippen molar-refractivity contribution >= 4 is 5.71 Å². The number of hydrogen-bond donors (Lipinski definition) is 0. The van der Waals surface area contributed by atoms with Gasteiger partial charge < -0.3 is 0 Å². The molecule has 0 aromatic heterocycles. The van der Waals surface area contributed by atoms with Crippen molar-refractivity contribution < 1.29 is 0 Å². The zero-order valence-electron chi connectivity index (χ0n) is 7.40. The summed E-state index contributed by atoms with van der Waals surface area (Å²) in [5.41, 5.74) is 2.06. The standard InChI is InChI=1S/C10H17N/c1-10-6-3-2-5-9(10)11-8-4-7-10/h2-8H2,1H3/t10-/m1/s1. The molecule has 2 aliphatic rings. The van der Waals surface area contributed by atoms with E-state index >= 15 is 0 Å². The summed E-state index contributed by atoms with van der Waals surface area (Å²) in [6, 6.07) is 0. The highest BCUT2D eigenvalue weighted by Crippen LogP contribution is 2.39. The van der Waals surface area contributed by atoms with Gasteiger partial charge in [-0.3, -0.25) is 4.99 Å². The van der Waals surface area contributed by atoms with Crippen LogP contribution in [0.2, 0.25) is 0 Å². The fraction of sp³-hybridized carbons (Fsp3) is 0.900. The number of nitrogens with zero attached hydrogens (tertiary/aromatic N) is 1. The molecule has 1 heteroatoms. The highest BCUT2D eigenvalue weighted by molar-refractivity contribution is 5.91. The van der Waals surface area contributed by atoms with Crippen LogP contribution in [-0.2, 0) is 0 Å². The predicted molar refractivity (Wildman–Crippen MR) is 48.1 cm³/mol. The van der Waals surface area contributed by atoms with Crippen LogP contribution in [0.15, 0.2) is 4.99 Å². The van der Waals surface area contributed by atoms with Crippen LogP contribution < -0.4 is 0 Å². The third kappa shape index (κ3) is 1.21. The summed E-state index contributed by atoms with van der Waals surface area (Å²) in [5, 5.41) is 0. The molecule has 62 valence electrons. The van der Waals surface area contributed by atoms with E-state index in [9.17, 15) is 0 Å². The number of rotatable bonds is 0. The normalized spacial score (nSPS) is 37.7. The molecule has 2 rings (SSSR count). The Hall–Kier alpha value is -0.330. The van der Waals surface area contributed by atoms with Crippen molar-refractivity contribution in [1.82, 2.24) is 0 Å². The first-order valence-corrected chi connectivity index (χ1v) is 4.85. The van der Waals surface area contributed by atoms with Crippen LogP contribution >= 0.6 is 0 Å². The Morgan fingerprint density at radius 3 is 2.82 bits per heavy atom. The topological polar surface area (TPSA) is 12.4 Å². The summed E-state index contributed by atoms with van der Waals surface area (Å²) in [4.78, 5) is 4.64. The summed E-state index contributed by atoms with van der Waals surface area (Å²) < 4.78 is 0. The van der Waals surface area contributed by atoms with Crippen molar-refractivity contribution in [2.24, 2.45) is 10.4 Å². The van der Waals surface area contributed by atoms with E-state index in [2.05, 4.69) is 11.9 Å². The summed E-state index contributed by atoms with van der Waals surface area (Å²) in [7, 11) is 0. The molecular formula is C10H17N. The molecule has 1 aliphatic heterocycles. The van der Waals surface area contributed by atoms with Crippen molar-refractivity contribution in [3.63, 3.8) is 0 Å². The molecule has 0 aromatic rings. The van der Waals surface area contributed by atoms with Gasteiger partial charge in [0.15, 0.2) is 0 Å². The first kappa shape index (κ1) is 7.33. The van der Waals surface area contributed by atoms with Gasteiger partial charge >= 0.3 is 0 Å². The van der Waals surface area contributed by atoms with Gasteiger partial charge in [-0.05, 0) is 32.1 Å². The molecular weight excluding hydrogens is 134 g/mol. The second-order valence-electron chi connectivity index (χ2n) is 4.20. The van der Waals surface area contributed by atoms with E-state index in [4.69, 9.17) is 0 Å². The van der Waals surface area contributed by atoms with Gasteiger partial charge in [0.25, 0.3) is 0 Å². The Kier molecular flexibility index (Phi) is 1.74. The summed E-state index contributed by atoms with van der Waals surface area (Å²) in [6.45, 7) is 3.51. The van der Waals surface area contributed by atoms with Gasteiger partial charge in [-0.25, -0.2) is 0 Å². The molecule has 0 unspecified atom stereocenters. The van der Waals surface area contributed by atoms with Gasteiger partial charge in [0, 0.05) is 17.7 Å². The maximum Gasteiger partial charge on any atom is 0.0389 e. The third-order valence-corrected chi connectivity index (χ3v) is 3.28. The molecule has 0 N–H and O–H groups in total.